The van der Waals surface area contributed by atoms with E-state index in [0.29, 0.717) is 17.1 Å². The predicted molar refractivity (Wildman–Crippen MR) is 135 cm³/mol. The molecule has 0 saturated carbocycles. The van der Waals surface area contributed by atoms with Crippen LogP contribution in [0.15, 0.2) is 30.7 Å². The van der Waals surface area contributed by atoms with Crippen LogP contribution in [0.25, 0.3) is 0 Å². The normalized spacial score (nSPS) is 15.1. The number of carbonyl (C=O) groups excluding carboxylic acids is 2. The van der Waals surface area contributed by atoms with Crippen LogP contribution in [-0.4, -0.2) is 44.6 Å². The molecule has 0 unspecified atom stereocenters. The number of aromatic nitrogens is 3. The number of likely N-dealkylation sites (tertiary alicyclic amines) is 1. The van der Waals surface area contributed by atoms with Gasteiger partial charge in [-0.2, -0.15) is 13.2 Å². The van der Waals surface area contributed by atoms with Crippen LogP contribution in [0.1, 0.15) is 68.4 Å². The van der Waals surface area contributed by atoms with Crippen LogP contribution >= 0.6 is 22.9 Å². The van der Waals surface area contributed by atoms with Gasteiger partial charge < -0.3 is 11.1 Å². The molecular weight excluding hydrogens is 529 g/mol. The summed E-state index contributed by atoms with van der Waals surface area (Å²) in [5, 5.41) is 2.51. The zero-order chi connectivity index (χ0) is 26.7. The largest absolute Gasteiger partial charge is 0.417 e. The van der Waals surface area contributed by atoms with Crippen molar-refractivity contribution >= 4 is 46.1 Å². The molecule has 1 aliphatic heterocycles. The van der Waals surface area contributed by atoms with E-state index in [9.17, 15) is 22.8 Å². The number of carbonyl (C=O) groups is 2. The lowest BCUT2D eigenvalue weighted by Crippen LogP contribution is -2.23. The van der Waals surface area contributed by atoms with E-state index in [4.69, 9.17) is 17.3 Å². The number of nitrogens with one attached hydrogen (secondary N) is 1. The molecule has 196 valence electrons. The van der Waals surface area contributed by atoms with Crippen LogP contribution in [0.4, 0.5) is 24.7 Å². The van der Waals surface area contributed by atoms with Crippen LogP contribution in [-0.2, 0) is 12.7 Å². The van der Waals surface area contributed by atoms with Crippen molar-refractivity contribution in [3.63, 3.8) is 0 Å². The minimum atomic E-state index is -4.65. The summed E-state index contributed by atoms with van der Waals surface area (Å²) in [6.45, 7) is 4.16. The number of amides is 1. The quantitative estimate of drug-likeness (QED) is 0.359. The second-order valence-corrected chi connectivity index (χ2v) is 10.3. The number of nitrogens with two attached hydrogens (primary N) is 1. The number of nitrogens with zero attached hydrogens (tertiary/aromatic N) is 4. The maximum absolute atomic E-state index is 13.1. The molecule has 0 bridgehead atoms. The SMILES string of the molecule is C[C@@H](CC(=O)c1ncnc(N)c1CN1CCCC1)c1ncc(C(=O)Nc2ccc(Cl)c(C(F)(F)F)c2)s1. The number of hydrogen-bond acceptors (Lipinski definition) is 8. The first-order valence-corrected chi connectivity index (χ1v) is 12.7. The standard InChI is InChI=1S/C24H24ClF3N6O2S/c1-13(8-18(35)20-15(21(29)32-12-31-20)11-34-6-2-3-7-34)23-30-10-19(37-23)22(36)33-14-4-5-17(25)16(9-14)24(26,27)28/h4-5,9-10,12-13H,2-3,6-8,11H2,1H3,(H,33,36)(H2,29,31,32)/t13-/m0/s1. The van der Waals surface area contributed by atoms with Gasteiger partial charge in [0.15, 0.2) is 5.78 Å². The van der Waals surface area contributed by atoms with Crippen LogP contribution < -0.4 is 11.1 Å². The van der Waals surface area contributed by atoms with E-state index >= 15 is 0 Å². The van der Waals surface area contributed by atoms with E-state index in [0.717, 1.165) is 49.4 Å². The van der Waals surface area contributed by atoms with Crippen molar-refractivity contribution in [2.75, 3.05) is 24.1 Å². The lowest BCUT2D eigenvalue weighted by atomic mass is 10.0. The first-order chi connectivity index (χ1) is 17.5. The van der Waals surface area contributed by atoms with Gasteiger partial charge in [0.1, 0.15) is 22.7 Å². The topological polar surface area (TPSA) is 114 Å². The van der Waals surface area contributed by atoms with Gasteiger partial charge in [0, 0.05) is 30.1 Å². The average Bonchev–Trinajstić information content (AvgIpc) is 3.53. The molecule has 0 spiro atoms. The number of ketones is 1. The van der Waals surface area contributed by atoms with Crippen LogP contribution in [0.3, 0.4) is 0 Å². The third kappa shape index (κ3) is 6.43. The number of hydrogen-bond donors (Lipinski definition) is 2. The third-order valence-electron chi connectivity index (χ3n) is 6.01. The van der Waals surface area contributed by atoms with Gasteiger partial charge in [-0.1, -0.05) is 18.5 Å². The van der Waals surface area contributed by atoms with Crippen LogP contribution in [0.5, 0.6) is 0 Å². The molecule has 1 atom stereocenters. The Morgan fingerprint density at radius 3 is 2.65 bits per heavy atom. The van der Waals surface area contributed by atoms with Crippen molar-refractivity contribution in [1.29, 1.82) is 0 Å². The number of anilines is 2. The summed E-state index contributed by atoms with van der Waals surface area (Å²) >= 11 is 6.70. The number of nitrogen functional groups attached to an aromatic ring is 1. The average molecular weight is 553 g/mol. The monoisotopic (exact) mass is 552 g/mol. The Hall–Kier alpha value is -3.09. The zero-order valence-electron chi connectivity index (χ0n) is 19.8. The molecule has 8 nitrogen and oxygen atoms in total. The highest BCUT2D eigenvalue weighted by molar-refractivity contribution is 7.13. The fourth-order valence-corrected chi connectivity index (χ4v) is 5.17. The Labute approximate surface area is 220 Å². The highest BCUT2D eigenvalue weighted by Crippen LogP contribution is 2.36. The molecule has 37 heavy (non-hydrogen) atoms. The molecule has 13 heteroatoms. The molecule has 3 aromatic rings. The van der Waals surface area contributed by atoms with Crippen molar-refractivity contribution < 1.29 is 22.8 Å². The molecule has 0 aliphatic carbocycles. The summed E-state index contributed by atoms with van der Waals surface area (Å²) in [7, 11) is 0. The van der Waals surface area contributed by atoms with Gasteiger partial charge in [-0.05, 0) is 44.1 Å². The summed E-state index contributed by atoms with van der Waals surface area (Å²) < 4.78 is 39.3. The summed E-state index contributed by atoms with van der Waals surface area (Å²) in [5.41, 5.74) is 5.87. The van der Waals surface area contributed by atoms with E-state index in [-0.39, 0.29) is 40.2 Å². The smallest absolute Gasteiger partial charge is 0.383 e. The highest BCUT2D eigenvalue weighted by atomic mass is 35.5. The van der Waals surface area contributed by atoms with Crippen molar-refractivity contribution in [2.45, 2.75) is 44.8 Å². The summed E-state index contributed by atoms with van der Waals surface area (Å²) in [5.74, 6) is -0.878. The predicted octanol–water partition coefficient (Wildman–Crippen LogP) is 5.41. The Morgan fingerprint density at radius 2 is 1.95 bits per heavy atom. The Bertz CT molecular complexity index is 1310. The van der Waals surface area contributed by atoms with E-state index in [1.54, 1.807) is 6.92 Å². The number of Topliss-reactive ketones (excluding diaryl/α,β-unsaturated/α-hetero) is 1. The highest BCUT2D eigenvalue weighted by Gasteiger charge is 2.33. The minimum Gasteiger partial charge on any atom is -0.383 e. The molecule has 2 aromatic heterocycles. The Kier molecular flexibility index (Phi) is 8.10. The number of halogens is 4. The van der Waals surface area contributed by atoms with Gasteiger partial charge in [0.2, 0.25) is 0 Å². The zero-order valence-corrected chi connectivity index (χ0v) is 21.4. The second kappa shape index (κ2) is 11.1. The number of thiazole rings is 1. The molecule has 1 amide bonds. The van der Waals surface area contributed by atoms with E-state index < -0.39 is 22.7 Å². The third-order valence-corrected chi connectivity index (χ3v) is 7.57. The van der Waals surface area contributed by atoms with Crippen molar-refractivity contribution in [3.05, 3.63) is 62.5 Å². The number of rotatable bonds is 8. The van der Waals surface area contributed by atoms with E-state index in [2.05, 4.69) is 25.2 Å². The van der Waals surface area contributed by atoms with E-state index in [1.165, 1.54) is 18.6 Å². The first kappa shape index (κ1) is 27.0. The summed E-state index contributed by atoms with van der Waals surface area (Å²) in [6, 6.07) is 3.13. The maximum Gasteiger partial charge on any atom is 0.417 e. The molecule has 3 heterocycles. The molecule has 1 saturated heterocycles. The molecule has 4 rings (SSSR count). The summed E-state index contributed by atoms with van der Waals surface area (Å²) in [6.07, 6.45) is 0.223. The van der Waals surface area contributed by atoms with Crippen molar-refractivity contribution in [2.24, 2.45) is 0 Å². The maximum atomic E-state index is 13.1. The lowest BCUT2D eigenvalue weighted by Gasteiger charge is -2.18. The minimum absolute atomic E-state index is 0.0493. The molecule has 1 aromatic carbocycles. The van der Waals surface area contributed by atoms with Gasteiger partial charge in [-0.3, -0.25) is 14.5 Å². The molecular formula is C24H24ClF3N6O2S. The molecule has 1 fully saturated rings. The van der Waals surface area contributed by atoms with Gasteiger partial charge in [0.25, 0.3) is 5.91 Å². The Morgan fingerprint density at radius 1 is 1.22 bits per heavy atom. The molecule has 3 N–H and O–H groups in total. The van der Waals surface area contributed by atoms with Crippen molar-refractivity contribution in [1.82, 2.24) is 19.9 Å². The van der Waals surface area contributed by atoms with Crippen LogP contribution in [0.2, 0.25) is 5.02 Å². The molecule has 1 aliphatic rings. The lowest BCUT2D eigenvalue weighted by molar-refractivity contribution is -0.137. The van der Waals surface area contributed by atoms with Gasteiger partial charge in [0.05, 0.1) is 21.8 Å². The van der Waals surface area contributed by atoms with Gasteiger partial charge in [-0.25, -0.2) is 15.0 Å². The van der Waals surface area contributed by atoms with E-state index in [1.807, 2.05) is 0 Å². The second-order valence-electron chi connectivity index (χ2n) is 8.81. The number of benzene rings is 1. The van der Waals surface area contributed by atoms with Gasteiger partial charge in [-0.15, -0.1) is 11.3 Å². The first-order valence-electron chi connectivity index (χ1n) is 11.5. The van der Waals surface area contributed by atoms with Gasteiger partial charge >= 0.3 is 6.18 Å². The fraction of sp³-hybridized carbons (Fsp3) is 0.375. The van der Waals surface area contributed by atoms with Crippen LogP contribution in [0, 0.1) is 0 Å². The molecule has 0 radical (unpaired) electrons. The van der Waals surface area contributed by atoms with Crippen molar-refractivity contribution in [3.8, 4) is 0 Å². The fourth-order valence-electron chi connectivity index (χ4n) is 4.08. The summed E-state index contributed by atoms with van der Waals surface area (Å²) in [4.78, 5) is 40.7. The Balaban J connectivity index is 1.44. The number of alkyl halides is 3.